The summed E-state index contributed by atoms with van der Waals surface area (Å²) in [5.41, 5.74) is -0.205. The Kier molecular flexibility index (Phi) is 7.58. The molecule has 10 nitrogen and oxygen atoms in total. The van der Waals surface area contributed by atoms with E-state index in [1.165, 1.54) is 79.9 Å². The van der Waals surface area contributed by atoms with Gasteiger partial charge in [-0.3, -0.25) is 10.2 Å². The summed E-state index contributed by atoms with van der Waals surface area (Å²) < 4.78 is 86.6. The van der Waals surface area contributed by atoms with Crippen LogP contribution in [-0.4, -0.2) is 47.6 Å². The Labute approximate surface area is 232 Å². The SMILES string of the molecule is COc1ccc(S(=O)(=O)C2=CC(=N)C(N(S(=O)(=O)c3ccc(C)cc3)S(=O)(=O)c3ccc(C)cc3)=CC2=O)cc1. The fourth-order valence-electron chi connectivity index (χ4n) is 3.79. The molecule has 3 aromatic carbocycles. The van der Waals surface area contributed by atoms with E-state index in [0.29, 0.717) is 29.0 Å². The Hall–Kier alpha value is -4.07. The maximum absolute atomic E-state index is 13.8. The summed E-state index contributed by atoms with van der Waals surface area (Å²) in [5, 5.41) is 8.50. The van der Waals surface area contributed by atoms with E-state index in [4.69, 9.17) is 10.1 Å². The number of aryl methyl sites for hydroxylation is 2. The topological polar surface area (TPSA) is 156 Å². The molecular formula is C27H24N2O8S3. The second-order valence-electron chi connectivity index (χ2n) is 8.83. The molecule has 0 aliphatic heterocycles. The van der Waals surface area contributed by atoms with Crippen molar-refractivity contribution in [3.63, 3.8) is 0 Å². The number of hydrogen-bond donors (Lipinski definition) is 1. The Morgan fingerprint density at radius 1 is 0.650 bits per heavy atom. The summed E-state index contributed by atoms with van der Waals surface area (Å²) in [6.07, 6.45) is 1.19. The van der Waals surface area contributed by atoms with Gasteiger partial charge in [-0.05, 0) is 68.5 Å². The minimum Gasteiger partial charge on any atom is -0.497 e. The van der Waals surface area contributed by atoms with E-state index in [1.807, 2.05) is 0 Å². The molecule has 0 unspecified atom stereocenters. The van der Waals surface area contributed by atoms with Crippen LogP contribution in [0.15, 0.2) is 110 Å². The molecule has 0 bridgehead atoms. The number of hydrogen-bond acceptors (Lipinski definition) is 9. The number of methoxy groups -OCH3 is 1. The monoisotopic (exact) mass is 600 g/mol. The third kappa shape index (κ3) is 5.22. The predicted molar refractivity (Wildman–Crippen MR) is 148 cm³/mol. The molecule has 0 heterocycles. The largest absolute Gasteiger partial charge is 0.497 e. The fraction of sp³-hybridized carbons (Fsp3) is 0.111. The molecular weight excluding hydrogens is 577 g/mol. The van der Waals surface area contributed by atoms with Gasteiger partial charge in [0.25, 0.3) is 20.0 Å². The third-order valence-electron chi connectivity index (χ3n) is 5.99. The van der Waals surface area contributed by atoms with E-state index in [9.17, 15) is 30.0 Å². The average Bonchev–Trinajstić information content (AvgIpc) is 2.90. The van der Waals surface area contributed by atoms with Gasteiger partial charge in [0.15, 0.2) is 5.78 Å². The van der Waals surface area contributed by atoms with Crippen LogP contribution in [0.5, 0.6) is 5.75 Å². The third-order valence-corrected chi connectivity index (χ3v) is 12.0. The first-order valence-electron chi connectivity index (χ1n) is 11.6. The number of ketones is 1. The van der Waals surface area contributed by atoms with Gasteiger partial charge >= 0.3 is 0 Å². The summed E-state index contributed by atoms with van der Waals surface area (Å²) >= 11 is 0. The van der Waals surface area contributed by atoms with Crippen molar-refractivity contribution in [1.29, 1.82) is 5.41 Å². The van der Waals surface area contributed by atoms with Crippen LogP contribution in [0.1, 0.15) is 11.1 Å². The quantitative estimate of drug-likeness (QED) is 0.385. The molecule has 1 aliphatic carbocycles. The maximum atomic E-state index is 13.8. The van der Waals surface area contributed by atoms with Crippen LogP contribution in [0.3, 0.4) is 0 Å². The molecule has 40 heavy (non-hydrogen) atoms. The van der Waals surface area contributed by atoms with Gasteiger partial charge in [-0.1, -0.05) is 35.4 Å². The zero-order valence-corrected chi connectivity index (χ0v) is 24.0. The van der Waals surface area contributed by atoms with Gasteiger partial charge in [0.05, 0.1) is 33.2 Å². The molecule has 13 heteroatoms. The summed E-state index contributed by atoms with van der Waals surface area (Å²) in [7, 11) is -12.9. The Morgan fingerprint density at radius 2 is 1.07 bits per heavy atom. The van der Waals surface area contributed by atoms with Gasteiger partial charge in [-0.25, -0.2) is 25.3 Å². The van der Waals surface area contributed by atoms with Gasteiger partial charge < -0.3 is 4.74 Å². The van der Waals surface area contributed by atoms with Crippen LogP contribution < -0.4 is 4.74 Å². The summed E-state index contributed by atoms with van der Waals surface area (Å²) in [6.45, 7) is 3.43. The summed E-state index contributed by atoms with van der Waals surface area (Å²) in [4.78, 5) is 11.3. The lowest BCUT2D eigenvalue weighted by Crippen LogP contribution is -2.40. The van der Waals surface area contributed by atoms with Crippen molar-refractivity contribution in [3.8, 4) is 5.75 Å². The minimum absolute atomic E-state index is 0.00282. The van der Waals surface area contributed by atoms with Crippen LogP contribution >= 0.6 is 0 Å². The van der Waals surface area contributed by atoms with Crippen LogP contribution in [0, 0.1) is 19.3 Å². The fourth-order valence-corrected chi connectivity index (χ4v) is 8.85. The lowest BCUT2D eigenvalue weighted by Gasteiger charge is -2.27. The number of sulfonamides is 2. The lowest BCUT2D eigenvalue weighted by molar-refractivity contribution is -0.110. The van der Waals surface area contributed by atoms with E-state index >= 15 is 0 Å². The highest BCUT2D eigenvalue weighted by molar-refractivity contribution is 8.04. The first kappa shape index (κ1) is 28.9. The number of carbonyl (C=O) groups excluding carboxylic acids is 1. The summed E-state index contributed by atoms with van der Waals surface area (Å²) in [6, 6.07) is 15.8. The van der Waals surface area contributed by atoms with Crippen LogP contribution in [-0.2, 0) is 34.7 Å². The highest BCUT2D eigenvalue weighted by Crippen LogP contribution is 2.33. The molecule has 0 saturated heterocycles. The lowest BCUT2D eigenvalue weighted by atomic mass is 10.1. The first-order chi connectivity index (χ1) is 18.7. The number of nitrogens with one attached hydrogen (secondary N) is 1. The van der Waals surface area contributed by atoms with Crippen molar-refractivity contribution in [2.75, 3.05) is 7.11 Å². The minimum atomic E-state index is -4.91. The molecule has 0 radical (unpaired) electrons. The molecule has 3 aromatic rings. The molecule has 0 fully saturated rings. The van der Waals surface area contributed by atoms with E-state index in [0.717, 1.165) is 0 Å². The predicted octanol–water partition coefficient (Wildman–Crippen LogP) is 3.54. The highest BCUT2D eigenvalue weighted by atomic mass is 32.3. The molecule has 0 aromatic heterocycles. The summed E-state index contributed by atoms with van der Waals surface area (Å²) in [5.74, 6) is -0.818. The maximum Gasteiger partial charge on any atom is 0.277 e. The number of sulfone groups is 1. The van der Waals surface area contributed by atoms with Gasteiger partial charge in [-0.15, -0.1) is 0 Å². The van der Waals surface area contributed by atoms with Crippen molar-refractivity contribution in [3.05, 3.63) is 107 Å². The normalized spacial score (nSPS) is 14.4. The Morgan fingerprint density at radius 3 is 1.50 bits per heavy atom. The van der Waals surface area contributed by atoms with Gasteiger partial charge in [0.2, 0.25) is 9.84 Å². The molecule has 0 spiro atoms. The standard InChI is InChI=1S/C27H24N2O8S3/c1-18-4-10-22(11-5-18)39(33,34)29(40(35,36)23-12-6-19(2)7-13-23)25-17-26(30)27(16-24(25)28)38(31,32)21-14-8-20(37-3)9-15-21/h4-17,28H,1-3H3. The van der Waals surface area contributed by atoms with Crippen molar-refractivity contribution >= 4 is 41.4 Å². The van der Waals surface area contributed by atoms with E-state index in [-0.39, 0.29) is 8.61 Å². The van der Waals surface area contributed by atoms with Gasteiger partial charge in [0.1, 0.15) is 10.7 Å². The van der Waals surface area contributed by atoms with Crippen LogP contribution in [0.2, 0.25) is 0 Å². The van der Waals surface area contributed by atoms with Crippen molar-refractivity contribution in [2.24, 2.45) is 0 Å². The van der Waals surface area contributed by atoms with Crippen LogP contribution in [0.4, 0.5) is 0 Å². The highest BCUT2D eigenvalue weighted by Gasteiger charge is 2.42. The zero-order valence-electron chi connectivity index (χ0n) is 21.5. The molecule has 0 atom stereocenters. The second kappa shape index (κ2) is 10.5. The average molecular weight is 601 g/mol. The van der Waals surface area contributed by atoms with Crippen molar-refractivity contribution < 1.29 is 34.8 Å². The number of nitrogens with zero attached hydrogens (tertiary/aromatic N) is 1. The molecule has 4 rings (SSSR count). The number of ether oxygens (including phenoxy) is 1. The van der Waals surface area contributed by atoms with Crippen LogP contribution in [0.25, 0.3) is 0 Å². The molecule has 208 valence electrons. The zero-order chi connectivity index (χ0) is 29.5. The Bertz CT molecular complexity index is 1810. The van der Waals surface area contributed by atoms with E-state index < -0.39 is 61.8 Å². The van der Waals surface area contributed by atoms with Gasteiger partial charge in [-0.2, -0.15) is 3.71 Å². The number of benzene rings is 3. The molecule has 0 saturated carbocycles. The Balaban J connectivity index is 1.87. The number of rotatable bonds is 8. The molecule has 1 N–H and O–H groups in total. The number of allylic oxidation sites excluding steroid dienone is 3. The number of carbonyl (C=O) groups is 1. The van der Waals surface area contributed by atoms with E-state index in [1.54, 1.807) is 13.8 Å². The van der Waals surface area contributed by atoms with Gasteiger partial charge in [0, 0.05) is 6.08 Å². The second-order valence-corrected chi connectivity index (χ2v) is 14.6. The van der Waals surface area contributed by atoms with Crippen molar-refractivity contribution in [1.82, 2.24) is 3.71 Å². The van der Waals surface area contributed by atoms with E-state index in [2.05, 4.69) is 0 Å². The first-order valence-corrected chi connectivity index (χ1v) is 16.0. The molecule has 0 amide bonds. The molecule has 1 aliphatic rings. The van der Waals surface area contributed by atoms with Crippen molar-refractivity contribution in [2.45, 2.75) is 28.5 Å². The smallest absolute Gasteiger partial charge is 0.277 e.